The number of fused-ring (bicyclic) bond motifs is 1. The first-order chi connectivity index (χ1) is 22.4. The lowest BCUT2D eigenvalue weighted by Crippen LogP contribution is -2.43. The van der Waals surface area contributed by atoms with E-state index >= 15 is 0 Å². The average Bonchev–Trinajstić information content (AvgIpc) is 3.48. The third-order valence-electron chi connectivity index (χ3n) is 8.52. The Morgan fingerprint density at radius 3 is 2.41 bits per heavy atom. The van der Waals surface area contributed by atoms with Crippen LogP contribution in [0.2, 0.25) is 0 Å². The zero-order valence-corrected chi connectivity index (χ0v) is 25.9. The second-order valence-electron chi connectivity index (χ2n) is 11.8. The molecule has 3 N–H and O–H groups in total. The Morgan fingerprint density at radius 2 is 1.65 bits per heavy atom. The number of nitrogens with one attached hydrogen (secondary N) is 2. The number of anilines is 1. The number of aromatic nitrogens is 2. The van der Waals surface area contributed by atoms with E-state index in [9.17, 15) is 14.7 Å². The number of hydrogen-bond donors (Lipinski definition) is 3. The number of ketones is 1. The van der Waals surface area contributed by atoms with E-state index < -0.39 is 18.4 Å². The van der Waals surface area contributed by atoms with Crippen LogP contribution in [-0.4, -0.2) is 38.6 Å². The zero-order valence-electron chi connectivity index (χ0n) is 25.9. The molecule has 4 aromatic carbocycles. The molecule has 9 heteroatoms. The number of imidazole rings is 1. The molecule has 0 bridgehead atoms. The number of rotatable bonds is 10. The van der Waals surface area contributed by atoms with Crippen LogP contribution in [0.15, 0.2) is 109 Å². The molecule has 2 heterocycles. The van der Waals surface area contributed by atoms with E-state index in [1.165, 1.54) is 6.92 Å². The molecule has 1 aliphatic rings. The van der Waals surface area contributed by atoms with Gasteiger partial charge < -0.3 is 29.8 Å². The third-order valence-corrected chi connectivity index (χ3v) is 8.52. The Morgan fingerprint density at radius 1 is 0.891 bits per heavy atom. The number of nitrogens with zero attached hydrogens (tertiary/aromatic N) is 2. The van der Waals surface area contributed by atoms with Crippen molar-refractivity contribution in [3.05, 3.63) is 132 Å². The predicted molar refractivity (Wildman–Crippen MR) is 176 cm³/mol. The molecule has 46 heavy (non-hydrogen) atoms. The molecular formula is C37H38N4O5. The summed E-state index contributed by atoms with van der Waals surface area (Å²) in [6.45, 7) is 4.13. The van der Waals surface area contributed by atoms with Crippen molar-refractivity contribution in [2.45, 2.75) is 58.0 Å². The molecule has 1 fully saturated rings. The lowest BCUT2D eigenvalue weighted by Gasteiger charge is -2.41. The summed E-state index contributed by atoms with van der Waals surface area (Å²) in [5, 5.41) is 15.3. The second-order valence-corrected chi connectivity index (χ2v) is 11.8. The summed E-state index contributed by atoms with van der Waals surface area (Å²) in [6, 6.07) is 31.6. The Balaban J connectivity index is 1.22. The van der Waals surface area contributed by atoms with Crippen LogP contribution < -0.4 is 10.6 Å². The summed E-state index contributed by atoms with van der Waals surface area (Å²) in [7, 11) is 0. The number of aliphatic hydroxyl groups excluding tert-OH is 1. The molecule has 236 valence electrons. The quantitative estimate of drug-likeness (QED) is 0.168. The minimum Gasteiger partial charge on any atom is -0.392 e. The van der Waals surface area contributed by atoms with Crippen LogP contribution in [0, 0.1) is 5.92 Å². The highest BCUT2D eigenvalue weighted by Crippen LogP contribution is 2.42. The van der Waals surface area contributed by atoms with Crippen molar-refractivity contribution in [2.24, 2.45) is 5.92 Å². The highest BCUT2D eigenvalue weighted by atomic mass is 16.7. The molecule has 5 unspecified atom stereocenters. The number of hydrogen-bond acceptors (Lipinski definition) is 6. The van der Waals surface area contributed by atoms with E-state index in [0.29, 0.717) is 18.7 Å². The van der Waals surface area contributed by atoms with Crippen LogP contribution in [0.3, 0.4) is 0 Å². The number of para-hydroxylation sites is 2. The van der Waals surface area contributed by atoms with Crippen molar-refractivity contribution in [2.75, 3.05) is 5.32 Å². The maximum absolute atomic E-state index is 13.0. The fourth-order valence-corrected chi connectivity index (χ4v) is 5.91. The molecule has 2 amide bonds. The summed E-state index contributed by atoms with van der Waals surface area (Å²) < 4.78 is 15.4. The van der Waals surface area contributed by atoms with E-state index in [1.54, 1.807) is 6.07 Å². The van der Waals surface area contributed by atoms with Crippen LogP contribution in [-0.2, 0) is 33.8 Å². The highest BCUT2D eigenvalue weighted by Gasteiger charge is 2.38. The first kappa shape index (κ1) is 31.2. The number of carbonyl (C=O) groups is 2. The maximum Gasteiger partial charge on any atom is 0.319 e. The monoisotopic (exact) mass is 618 g/mol. The fourth-order valence-electron chi connectivity index (χ4n) is 5.91. The van der Waals surface area contributed by atoms with Crippen LogP contribution in [0.4, 0.5) is 10.5 Å². The Kier molecular flexibility index (Phi) is 9.54. The summed E-state index contributed by atoms with van der Waals surface area (Å²) in [5.74, 6) is -0.141. The molecule has 0 aliphatic carbocycles. The molecule has 0 saturated carbocycles. The maximum atomic E-state index is 13.0. The highest BCUT2D eigenvalue weighted by molar-refractivity contribution is 5.93. The van der Waals surface area contributed by atoms with Crippen molar-refractivity contribution in [1.82, 2.24) is 14.9 Å². The summed E-state index contributed by atoms with van der Waals surface area (Å²) in [4.78, 5) is 29.9. The summed E-state index contributed by atoms with van der Waals surface area (Å²) in [6.07, 6.45) is 1.01. The lowest BCUT2D eigenvalue weighted by atomic mass is 9.90. The predicted octanol–water partition coefficient (Wildman–Crippen LogP) is 6.34. The molecule has 1 aromatic heterocycles. The molecule has 0 radical (unpaired) electrons. The van der Waals surface area contributed by atoms with Crippen molar-refractivity contribution in [1.29, 1.82) is 0 Å². The number of benzene rings is 4. The van der Waals surface area contributed by atoms with Crippen molar-refractivity contribution in [3.8, 4) is 0 Å². The number of amides is 2. The molecule has 9 nitrogen and oxygen atoms in total. The topological polar surface area (TPSA) is 115 Å². The molecule has 6 rings (SSSR count). The normalized spacial score (nSPS) is 20.2. The molecule has 0 spiro atoms. The summed E-state index contributed by atoms with van der Waals surface area (Å²) >= 11 is 0. The third kappa shape index (κ3) is 7.18. The van der Waals surface area contributed by atoms with Gasteiger partial charge in [-0.15, -0.1) is 0 Å². The van der Waals surface area contributed by atoms with Gasteiger partial charge in [-0.05, 0) is 54.3 Å². The van der Waals surface area contributed by atoms with E-state index in [0.717, 1.165) is 33.3 Å². The van der Waals surface area contributed by atoms with Gasteiger partial charge in [-0.1, -0.05) is 85.8 Å². The van der Waals surface area contributed by atoms with Gasteiger partial charge in [0, 0.05) is 17.2 Å². The number of Topliss-reactive ketones (excluding diaryl/α,β-unsaturated/α-hetero) is 1. The van der Waals surface area contributed by atoms with Crippen molar-refractivity contribution >= 4 is 28.5 Å². The van der Waals surface area contributed by atoms with Gasteiger partial charge in [-0.2, -0.15) is 0 Å². The number of carbonyl (C=O) groups excluding carboxylic acids is 2. The Hall–Kier alpha value is -4.83. The largest absolute Gasteiger partial charge is 0.392 e. The molecular weight excluding hydrogens is 580 g/mol. The van der Waals surface area contributed by atoms with Crippen LogP contribution in [0.5, 0.6) is 0 Å². The number of aliphatic hydroxyl groups is 1. The SMILES string of the molecule is CC(=O)C(Cc1ccccc1)NC(=O)Nc1cccc(C2OC(Cn3cnc4ccccc43)C(C)C(c3ccc(CO)cc3)O2)c1. The smallest absolute Gasteiger partial charge is 0.319 e. The standard InChI is InChI=1S/C37H38N4O5/c1-24-34(21-41-23-38-31-13-6-7-14-33(31)41)45-36(46-35(24)28-17-15-27(22-42)16-18-28)29-11-8-12-30(20-29)39-37(44)40-32(25(2)43)19-26-9-4-3-5-10-26/h3-18,20,23-24,32,34-36,42H,19,21-22H2,1-2H3,(H2,39,40,44). The molecule has 5 aromatic rings. The van der Waals surface area contributed by atoms with Crippen LogP contribution >= 0.6 is 0 Å². The Bertz CT molecular complexity index is 1790. The number of ether oxygens (including phenoxy) is 2. The van der Waals surface area contributed by atoms with Gasteiger partial charge in [0.2, 0.25) is 0 Å². The molecule has 5 atom stereocenters. The van der Waals surface area contributed by atoms with E-state index in [1.807, 2.05) is 103 Å². The first-order valence-corrected chi connectivity index (χ1v) is 15.5. The van der Waals surface area contributed by atoms with Gasteiger partial charge in [0.1, 0.15) is 0 Å². The minimum atomic E-state index is -0.716. The van der Waals surface area contributed by atoms with Crippen LogP contribution in [0.1, 0.15) is 48.5 Å². The molecule has 1 saturated heterocycles. The first-order valence-electron chi connectivity index (χ1n) is 15.5. The van der Waals surface area contributed by atoms with E-state index in [-0.39, 0.29) is 30.5 Å². The Labute approximate surface area is 268 Å². The van der Waals surface area contributed by atoms with Gasteiger partial charge in [0.25, 0.3) is 0 Å². The zero-order chi connectivity index (χ0) is 32.0. The lowest BCUT2D eigenvalue weighted by molar-refractivity contribution is -0.276. The fraction of sp³-hybridized carbons (Fsp3) is 0.270. The molecule has 1 aliphatic heterocycles. The van der Waals surface area contributed by atoms with Gasteiger partial charge in [-0.25, -0.2) is 9.78 Å². The van der Waals surface area contributed by atoms with E-state index in [2.05, 4.69) is 27.1 Å². The van der Waals surface area contributed by atoms with Gasteiger partial charge in [-0.3, -0.25) is 4.79 Å². The van der Waals surface area contributed by atoms with Crippen LogP contribution in [0.25, 0.3) is 11.0 Å². The van der Waals surface area contributed by atoms with E-state index in [4.69, 9.17) is 9.47 Å². The number of urea groups is 1. The minimum absolute atomic E-state index is 0.0161. The summed E-state index contributed by atoms with van der Waals surface area (Å²) in [5.41, 5.74) is 6.01. The average molecular weight is 619 g/mol. The van der Waals surface area contributed by atoms with Gasteiger partial charge in [0.15, 0.2) is 12.1 Å². The van der Waals surface area contributed by atoms with Crippen molar-refractivity contribution < 1.29 is 24.2 Å². The van der Waals surface area contributed by atoms with Crippen molar-refractivity contribution in [3.63, 3.8) is 0 Å². The van der Waals surface area contributed by atoms with Gasteiger partial charge in [0.05, 0.1) is 48.8 Å². The second kappa shape index (κ2) is 14.1. The van der Waals surface area contributed by atoms with Gasteiger partial charge >= 0.3 is 6.03 Å².